The van der Waals surface area contributed by atoms with Crippen LogP contribution in [0, 0.1) is 0 Å². The van der Waals surface area contributed by atoms with Crippen LogP contribution in [0.2, 0.25) is 10.0 Å². The van der Waals surface area contributed by atoms with Crippen molar-refractivity contribution in [3.05, 3.63) is 44.9 Å². The maximum atomic E-state index is 11.1. The second kappa shape index (κ2) is 6.75. The summed E-state index contributed by atoms with van der Waals surface area (Å²) in [7, 11) is 0. The number of nitrogens with zero attached hydrogens (tertiary/aromatic N) is 2. The van der Waals surface area contributed by atoms with Gasteiger partial charge in [-0.15, -0.1) is 11.3 Å². The zero-order chi connectivity index (χ0) is 15.4. The van der Waals surface area contributed by atoms with Gasteiger partial charge in [0.1, 0.15) is 12.3 Å². The summed E-state index contributed by atoms with van der Waals surface area (Å²) in [5.74, 6) is -1.26. The van der Waals surface area contributed by atoms with Gasteiger partial charge in [0, 0.05) is 21.0 Å². The number of halogens is 2. The molecule has 1 aromatic carbocycles. The minimum Gasteiger partial charge on any atom is -0.476 e. The fourth-order valence-electron chi connectivity index (χ4n) is 1.40. The molecule has 21 heavy (non-hydrogen) atoms. The van der Waals surface area contributed by atoms with Crippen LogP contribution in [0.5, 0.6) is 0 Å². The topological polar surface area (TPSA) is 97.8 Å². The van der Waals surface area contributed by atoms with E-state index in [1.54, 1.807) is 18.2 Å². The number of hydrogen-bond donors (Lipinski definition) is 2. The molecule has 0 fully saturated rings. The van der Waals surface area contributed by atoms with Crippen LogP contribution < -0.4 is 5.73 Å². The van der Waals surface area contributed by atoms with E-state index in [0.717, 1.165) is 11.3 Å². The van der Waals surface area contributed by atoms with Gasteiger partial charge >= 0.3 is 5.97 Å². The number of benzene rings is 1. The van der Waals surface area contributed by atoms with Gasteiger partial charge in [0.25, 0.3) is 0 Å². The van der Waals surface area contributed by atoms with Crippen LogP contribution in [0.3, 0.4) is 0 Å². The Bertz CT molecular complexity index is 703. The maximum absolute atomic E-state index is 11.1. The van der Waals surface area contributed by atoms with Gasteiger partial charge < -0.3 is 15.7 Å². The number of nitrogens with two attached hydrogens (primary N) is 1. The first kappa shape index (κ1) is 15.6. The van der Waals surface area contributed by atoms with Gasteiger partial charge in [0.15, 0.2) is 5.13 Å². The molecule has 0 spiro atoms. The molecule has 0 radical (unpaired) electrons. The lowest BCUT2D eigenvalue weighted by atomic mass is 10.2. The zero-order valence-corrected chi connectivity index (χ0v) is 12.7. The summed E-state index contributed by atoms with van der Waals surface area (Å²) < 4.78 is 0. The normalized spacial score (nSPS) is 11.4. The van der Waals surface area contributed by atoms with Crippen LogP contribution in [0.1, 0.15) is 11.3 Å². The molecule has 0 bridgehead atoms. The Labute approximate surface area is 133 Å². The largest absolute Gasteiger partial charge is 0.476 e. The van der Waals surface area contributed by atoms with Gasteiger partial charge in [0.2, 0.25) is 5.71 Å². The van der Waals surface area contributed by atoms with Crippen LogP contribution in [0.4, 0.5) is 5.13 Å². The number of carbonyl (C=O) groups is 1. The highest BCUT2D eigenvalue weighted by atomic mass is 35.5. The Hall–Kier alpha value is -1.83. The van der Waals surface area contributed by atoms with Crippen LogP contribution in [-0.2, 0) is 16.2 Å². The minimum absolute atomic E-state index is 0.00635. The van der Waals surface area contributed by atoms with Gasteiger partial charge in [-0.3, -0.25) is 0 Å². The number of thiazole rings is 1. The lowest BCUT2D eigenvalue weighted by molar-refractivity contribution is -0.129. The van der Waals surface area contributed by atoms with Gasteiger partial charge in [-0.05, 0) is 12.1 Å². The highest BCUT2D eigenvalue weighted by molar-refractivity contribution is 7.13. The minimum atomic E-state index is -1.26. The summed E-state index contributed by atoms with van der Waals surface area (Å²) in [4.78, 5) is 20.0. The predicted molar refractivity (Wildman–Crippen MR) is 82.0 cm³/mol. The highest BCUT2D eigenvalue weighted by Crippen LogP contribution is 2.21. The quantitative estimate of drug-likeness (QED) is 0.641. The molecule has 0 saturated heterocycles. The van der Waals surface area contributed by atoms with Crippen LogP contribution in [0.15, 0.2) is 28.7 Å². The molecule has 9 heteroatoms. The van der Waals surface area contributed by atoms with Crippen molar-refractivity contribution in [3.8, 4) is 0 Å². The molecule has 0 atom stereocenters. The molecule has 0 amide bonds. The van der Waals surface area contributed by atoms with Gasteiger partial charge in [-0.25, -0.2) is 9.78 Å². The summed E-state index contributed by atoms with van der Waals surface area (Å²) >= 11 is 12.9. The standard InChI is InChI=1S/C12H9Cl2N3O3S/c13-7-2-1-6(8(14)3-7)4-20-17-10(11(18)19)9-5-21-12(15)16-9/h1-3,5H,4H2,(H2,15,16)(H,18,19). The number of hydrogen-bond acceptors (Lipinski definition) is 6. The molecule has 6 nitrogen and oxygen atoms in total. The van der Waals surface area contributed by atoms with Gasteiger partial charge in [-0.1, -0.05) is 34.4 Å². The number of anilines is 1. The Morgan fingerprint density at radius 2 is 2.24 bits per heavy atom. The number of carboxylic acids is 1. The van der Waals surface area contributed by atoms with E-state index in [0.29, 0.717) is 15.6 Å². The molecule has 110 valence electrons. The fourth-order valence-corrected chi connectivity index (χ4v) is 2.41. The fraction of sp³-hybridized carbons (Fsp3) is 0.0833. The van der Waals surface area contributed by atoms with Crippen molar-refractivity contribution >= 4 is 51.4 Å². The third-order valence-electron chi connectivity index (χ3n) is 2.36. The molecule has 0 unspecified atom stereocenters. The van der Waals surface area contributed by atoms with Crippen LogP contribution >= 0.6 is 34.5 Å². The van der Waals surface area contributed by atoms with Gasteiger partial charge in [0.05, 0.1) is 0 Å². The van der Waals surface area contributed by atoms with E-state index in [9.17, 15) is 4.79 Å². The molecule has 3 N–H and O–H groups in total. The molecular formula is C12H9Cl2N3O3S. The smallest absolute Gasteiger partial charge is 0.360 e. The van der Waals surface area contributed by atoms with E-state index < -0.39 is 5.97 Å². The second-order valence-electron chi connectivity index (χ2n) is 3.83. The van der Waals surface area contributed by atoms with E-state index in [-0.39, 0.29) is 23.1 Å². The summed E-state index contributed by atoms with van der Waals surface area (Å²) in [6.45, 7) is 0.00635. The number of aromatic nitrogens is 1. The van der Waals surface area contributed by atoms with E-state index in [1.807, 2.05) is 0 Å². The van der Waals surface area contributed by atoms with Crippen molar-refractivity contribution in [2.24, 2.45) is 5.16 Å². The molecular weight excluding hydrogens is 337 g/mol. The van der Waals surface area contributed by atoms with E-state index >= 15 is 0 Å². The lowest BCUT2D eigenvalue weighted by Gasteiger charge is -2.04. The van der Waals surface area contributed by atoms with Crippen LogP contribution in [-0.4, -0.2) is 21.8 Å². The van der Waals surface area contributed by atoms with E-state index in [4.69, 9.17) is 38.9 Å². The molecule has 2 aromatic rings. The molecule has 2 rings (SSSR count). The Morgan fingerprint density at radius 1 is 1.48 bits per heavy atom. The number of oxime groups is 1. The Balaban J connectivity index is 2.12. The monoisotopic (exact) mass is 345 g/mol. The van der Waals surface area contributed by atoms with Crippen molar-refractivity contribution in [1.29, 1.82) is 0 Å². The number of nitrogen functional groups attached to an aromatic ring is 1. The first-order valence-corrected chi connectivity index (χ1v) is 7.19. The SMILES string of the molecule is Nc1nc(C(=NOCc2ccc(Cl)cc2Cl)C(=O)O)cs1. The second-order valence-corrected chi connectivity index (χ2v) is 5.56. The number of rotatable bonds is 5. The summed E-state index contributed by atoms with van der Waals surface area (Å²) in [6.07, 6.45) is 0. The van der Waals surface area contributed by atoms with Crippen molar-refractivity contribution < 1.29 is 14.7 Å². The average Bonchev–Trinajstić information content (AvgIpc) is 2.82. The van der Waals surface area contributed by atoms with Crippen molar-refractivity contribution in [1.82, 2.24) is 4.98 Å². The molecule has 1 aromatic heterocycles. The summed E-state index contributed by atoms with van der Waals surface area (Å²) in [5.41, 5.74) is 5.91. The van der Waals surface area contributed by atoms with Crippen molar-refractivity contribution in [2.75, 3.05) is 5.73 Å². The summed E-state index contributed by atoms with van der Waals surface area (Å²) in [6, 6.07) is 4.88. The number of carboxylic acid groups (broad SMARTS) is 1. The third-order valence-corrected chi connectivity index (χ3v) is 3.62. The average molecular weight is 346 g/mol. The lowest BCUT2D eigenvalue weighted by Crippen LogP contribution is -2.15. The molecule has 0 aliphatic rings. The van der Waals surface area contributed by atoms with Crippen molar-refractivity contribution in [3.63, 3.8) is 0 Å². The maximum Gasteiger partial charge on any atom is 0.360 e. The molecule has 0 aliphatic carbocycles. The van der Waals surface area contributed by atoms with E-state index in [1.165, 1.54) is 5.38 Å². The first-order chi connectivity index (χ1) is 9.97. The molecule has 1 heterocycles. The molecule has 0 saturated carbocycles. The predicted octanol–water partition coefficient (Wildman–Crippen LogP) is 3.04. The Morgan fingerprint density at radius 3 is 2.81 bits per heavy atom. The van der Waals surface area contributed by atoms with Crippen LogP contribution in [0.25, 0.3) is 0 Å². The highest BCUT2D eigenvalue weighted by Gasteiger charge is 2.17. The zero-order valence-electron chi connectivity index (χ0n) is 10.4. The van der Waals surface area contributed by atoms with Gasteiger partial charge in [-0.2, -0.15) is 0 Å². The summed E-state index contributed by atoms with van der Waals surface area (Å²) in [5, 5.41) is 15.3. The number of aliphatic carboxylic acids is 1. The first-order valence-electron chi connectivity index (χ1n) is 5.56. The van der Waals surface area contributed by atoms with E-state index in [2.05, 4.69) is 10.1 Å². The van der Waals surface area contributed by atoms with Crippen molar-refractivity contribution in [2.45, 2.75) is 6.61 Å². The molecule has 0 aliphatic heterocycles. The third kappa shape index (κ3) is 4.07. The Kier molecular flexibility index (Phi) is 5.00.